The molecular formula is C15H15BrClNOS. The lowest BCUT2D eigenvalue weighted by molar-refractivity contribution is 0.0992. The quantitative estimate of drug-likeness (QED) is 0.686. The maximum Gasteiger partial charge on any atom is 0.170 e. The molecule has 0 unspecified atom stereocenters. The van der Waals surface area contributed by atoms with E-state index < -0.39 is 0 Å². The van der Waals surface area contributed by atoms with Gasteiger partial charge in [0.05, 0.1) is 12.1 Å². The van der Waals surface area contributed by atoms with Gasteiger partial charge in [0.15, 0.2) is 5.78 Å². The minimum Gasteiger partial charge on any atom is -0.294 e. The Hall–Kier alpha value is -0.710. The molecule has 0 saturated heterocycles. The third-order valence-corrected chi connectivity index (χ3v) is 4.64. The lowest BCUT2D eigenvalue weighted by Gasteiger charge is -2.14. The van der Waals surface area contributed by atoms with Gasteiger partial charge >= 0.3 is 0 Å². The Morgan fingerprint density at radius 2 is 2.10 bits per heavy atom. The highest BCUT2D eigenvalue weighted by atomic mass is 79.9. The van der Waals surface area contributed by atoms with E-state index in [1.807, 2.05) is 5.38 Å². The van der Waals surface area contributed by atoms with Crippen molar-refractivity contribution in [2.75, 3.05) is 0 Å². The highest BCUT2D eigenvalue weighted by molar-refractivity contribution is 9.10. The number of hydrogen-bond donors (Lipinski definition) is 0. The van der Waals surface area contributed by atoms with Crippen molar-refractivity contribution in [3.8, 4) is 0 Å². The number of aromatic nitrogens is 1. The number of carbonyl (C=O) groups is 1. The second kappa shape index (κ2) is 5.96. The first kappa shape index (κ1) is 15.7. The molecule has 1 aromatic heterocycles. The molecule has 0 N–H and O–H groups in total. The van der Waals surface area contributed by atoms with Gasteiger partial charge in [-0.2, -0.15) is 0 Å². The fraction of sp³-hybridized carbons (Fsp3) is 0.333. The molecule has 0 atom stereocenters. The number of Topliss-reactive ketones (excluding diaryl/α,β-unsaturated/α-hetero) is 1. The first-order valence-corrected chi connectivity index (χ1v) is 8.25. The molecule has 0 aliphatic carbocycles. The molecule has 0 saturated carbocycles. The zero-order valence-corrected chi connectivity index (χ0v) is 14.7. The molecule has 0 amide bonds. The molecule has 1 heterocycles. The van der Waals surface area contributed by atoms with Crippen LogP contribution < -0.4 is 0 Å². The van der Waals surface area contributed by atoms with Crippen molar-refractivity contribution in [1.29, 1.82) is 0 Å². The second-order valence-corrected chi connectivity index (χ2v) is 7.83. The van der Waals surface area contributed by atoms with Gasteiger partial charge in [0.1, 0.15) is 5.01 Å². The fourth-order valence-electron chi connectivity index (χ4n) is 1.68. The predicted molar refractivity (Wildman–Crippen MR) is 88.0 cm³/mol. The summed E-state index contributed by atoms with van der Waals surface area (Å²) in [7, 11) is 0. The van der Waals surface area contributed by atoms with Crippen molar-refractivity contribution < 1.29 is 4.79 Å². The summed E-state index contributed by atoms with van der Waals surface area (Å²) in [6.07, 6.45) is 0.305. The highest BCUT2D eigenvalue weighted by Crippen LogP contribution is 2.26. The molecule has 2 rings (SSSR count). The lowest BCUT2D eigenvalue weighted by atomic mass is 9.93. The van der Waals surface area contributed by atoms with E-state index in [1.165, 1.54) is 11.3 Å². The second-order valence-electron chi connectivity index (χ2n) is 5.60. The van der Waals surface area contributed by atoms with Crippen LogP contribution in [0.2, 0.25) is 5.02 Å². The molecule has 5 heteroatoms. The Morgan fingerprint density at radius 3 is 2.70 bits per heavy atom. The van der Waals surface area contributed by atoms with Crippen molar-refractivity contribution in [2.45, 2.75) is 32.6 Å². The summed E-state index contributed by atoms with van der Waals surface area (Å²) in [5, 5.41) is 3.42. The van der Waals surface area contributed by atoms with E-state index in [1.54, 1.807) is 18.2 Å². The van der Waals surface area contributed by atoms with Crippen molar-refractivity contribution in [3.63, 3.8) is 0 Å². The van der Waals surface area contributed by atoms with Gasteiger partial charge in [0, 0.05) is 25.9 Å². The van der Waals surface area contributed by atoms with Gasteiger partial charge in [0.2, 0.25) is 0 Å². The summed E-state index contributed by atoms with van der Waals surface area (Å²) in [6.45, 7) is 6.34. The SMILES string of the molecule is CC(C)(C)c1csc(CC(=O)c2cc(Cl)ccc2Br)n1. The number of thiazole rings is 1. The zero-order chi connectivity index (χ0) is 14.9. The normalized spacial score (nSPS) is 11.7. The summed E-state index contributed by atoms with van der Waals surface area (Å²) in [5.41, 5.74) is 1.63. The Labute approximate surface area is 136 Å². The van der Waals surface area contributed by atoms with E-state index in [0.717, 1.165) is 15.2 Å². The van der Waals surface area contributed by atoms with Crippen LogP contribution in [-0.4, -0.2) is 10.8 Å². The number of halogens is 2. The molecule has 0 fully saturated rings. The van der Waals surface area contributed by atoms with Crippen LogP contribution in [0, 0.1) is 0 Å². The van der Waals surface area contributed by atoms with Gasteiger partial charge in [-0.1, -0.05) is 48.3 Å². The highest BCUT2D eigenvalue weighted by Gasteiger charge is 2.19. The Balaban J connectivity index is 2.20. The first-order valence-electron chi connectivity index (χ1n) is 6.20. The van der Waals surface area contributed by atoms with E-state index in [-0.39, 0.29) is 11.2 Å². The minimum absolute atomic E-state index is 0.00837. The van der Waals surface area contributed by atoms with E-state index in [9.17, 15) is 4.79 Å². The summed E-state index contributed by atoms with van der Waals surface area (Å²) >= 11 is 10.9. The van der Waals surface area contributed by atoms with Gasteiger partial charge in [-0.15, -0.1) is 11.3 Å². The molecule has 0 bridgehead atoms. The van der Waals surface area contributed by atoms with Gasteiger partial charge in [0.25, 0.3) is 0 Å². The topological polar surface area (TPSA) is 30.0 Å². The zero-order valence-electron chi connectivity index (χ0n) is 11.5. The van der Waals surface area contributed by atoms with Crippen molar-refractivity contribution >= 4 is 44.7 Å². The Kier molecular flexibility index (Phi) is 4.67. The summed E-state index contributed by atoms with van der Waals surface area (Å²) in [5.74, 6) is 0.0224. The minimum atomic E-state index is 0.00837. The van der Waals surface area contributed by atoms with E-state index in [0.29, 0.717) is 17.0 Å². The van der Waals surface area contributed by atoms with Crippen LogP contribution in [0.4, 0.5) is 0 Å². The molecule has 0 radical (unpaired) electrons. The molecule has 0 spiro atoms. The monoisotopic (exact) mass is 371 g/mol. The Morgan fingerprint density at radius 1 is 1.40 bits per heavy atom. The van der Waals surface area contributed by atoms with E-state index in [2.05, 4.69) is 41.7 Å². The Bertz CT molecular complexity index is 646. The van der Waals surface area contributed by atoms with Gasteiger partial charge in [-0.3, -0.25) is 4.79 Å². The molecule has 20 heavy (non-hydrogen) atoms. The summed E-state index contributed by atoms with van der Waals surface area (Å²) < 4.78 is 0.763. The maximum atomic E-state index is 12.3. The number of nitrogens with zero attached hydrogens (tertiary/aromatic N) is 1. The van der Waals surface area contributed by atoms with E-state index >= 15 is 0 Å². The van der Waals surface area contributed by atoms with Crippen LogP contribution in [-0.2, 0) is 11.8 Å². The molecular weight excluding hydrogens is 358 g/mol. The number of ketones is 1. The maximum absolute atomic E-state index is 12.3. The summed E-state index contributed by atoms with van der Waals surface area (Å²) in [6, 6.07) is 5.23. The van der Waals surface area contributed by atoms with Crippen LogP contribution in [0.25, 0.3) is 0 Å². The number of carbonyl (C=O) groups excluding carboxylic acids is 1. The third kappa shape index (κ3) is 3.68. The van der Waals surface area contributed by atoms with Gasteiger partial charge in [-0.25, -0.2) is 4.98 Å². The fourth-order valence-corrected chi connectivity index (χ4v) is 3.34. The van der Waals surface area contributed by atoms with Crippen LogP contribution >= 0.6 is 38.9 Å². The molecule has 0 aliphatic rings. The lowest BCUT2D eigenvalue weighted by Crippen LogP contribution is -2.12. The average Bonchev–Trinajstić information content (AvgIpc) is 2.80. The van der Waals surface area contributed by atoms with Gasteiger partial charge in [-0.05, 0) is 18.2 Å². The molecule has 0 aliphatic heterocycles. The molecule has 2 aromatic rings. The molecule has 2 nitrogen and oxygen atoms in total. The largest absolute Gasteiger partial charge is 0.294 e. The van der Waals surface area contributed by atoms with Crippen molar-refractivity contribution in [2.24, 2.45) is 0 Å². The number of hydrogen-bond acceptors (Lipinski definition) is 3. The van der Waals surface area contributed by atoms with Crippen LogP contribution in [0.1, 0.15) is 41.8 Å². The standard InChI is InChI=1S/C15H15BrClNOS/c1-15(2,3)13-8-20-14(18-13)7-12(19)10-6-9(17)4-5-11(10)16/h4-6,8H,7H2,1-3H3. The van der Waals surface area contributed by atoms with Crippen molar-refractivity contribution in [3.05, 3.63) is 49.3 Å². The predicted octanol–water partition coefficient (Wildman–Crippen LogP) is 5.28. The average molecular weight is 373 g/mol. The van der Waals surface area contributed by atoms with Gasteiger partial charge < -0.3 is 0 Å². The van der Waals surface area contributed by atoms with Crippen LogP contribution in [0.3, 0.4) is 0 Å². The summed E-state index contributed by atoms with van der Waals surface area (Å²) in [4.78, 5) is 16.9. The molecule has 1 aromatic carbocycles. The smallest absolute Gasteiger partial charge is 0.170 e. The van der Waals surface area contributed by atoms with Crippen LogP contribution in [0.15, 0.2) is 28.1 Å². The number of rotatable bonds is 3. The number of benzene rings is 1. The van der Waals surface area contributed by atoms with Crippen molar-refractivity contribution in [1.82, 2.24) is 4.98 Å². The first-order chi connectivity index (χ1) is 9.27. The van der Waals surface area contributed by atoms with E-state index in [4.69, 9.17) is 11.6 Å². The third-order valence-electron chi connectivity index (χ3n) is 2.86. The molecule has 106 valence electrons. The van der Waals surface area contributed by atoms with Crippen LogP contribution in [0.5, 0.6) is 0 Å².